The molecule has 0 saturated carbocycles. The highest BCUT2D eigenvalue weighted by atomic mass is 16.5. The third-order valence-electron chi connectivity index (χ3n) is 6.43. The van der Waals surface area contributed by atoms with Crippen molar-refractivity contribution < 1.29 is 29.5 Å². The van der Waals surface area contributed by atoms with Crippen molar-refractivity contribution in [2.24, 2.45) is 0 Å². The summed E-state index contributed by atoms with van der Waals surface area (Å²) in [6, 6.07) is 3.80. The third-order valence-corrected chi connectivity index (χ3v) is 6.43. The van der Waals surface area contributed by atoms with Gasteiger partial charge in [-0.1, -0.05) is 31.6 Å². The predicted octanol–water partition coefficient (Wildman–Crippen LogP) is 5.39. The molecular formula is C26H30O6. The van der Waals surface area contributed by atoms with Gasteiger partial charge in [-0.3, -0.25) is 0 Å². The van der Waals surface area contributed by atoms with E-state index in [0.717, 1.165) is 16.7 Å². The van der Waals surface area contributed by atoms with E-state index in [0.29, 0.717) is 29.0 Å². The van der Waals surface area contributed by atoms with Gasteiger partial charge in [0, 0.05) is 27.7 Å². The summed E-state index contributed by atoms with van der Waals surface area (Å²) < 4.78 is 17.7. The smallest absolute Gasteiger partial charge is 0.201 e. The highest BCUT2D eigenvalue weighted by Crippen LogP contribution is 2.60. The zero-order chi connectivity index (χ0) is 23.4. The van der Waals surface area contributed by atoms with Crippen LogP contribution in [0, 0.1) is 0 Å². The fourth-order valence-corrected chi connectivity index (χ4v) is 4.40. The summed E-state index contributed by atoms with van der Waals surface area (Å²) in [5.41, 5.74) is 3.52. The summed E-state index contributed by atoms with van der Waals surface area (Å²) in [5.74, 6) is 0.215. The van der Waals surface area contributed by atoms with Crippen molar-refractivity contribution in [1.29, 1.82) is 0 Å². The highest BCUT2D eigenvalue weighted by Gasteiger charge is 2.45. The highest BCUT2D eigenvalue weighted by molar-refractivity contribution is 5.67. The van der Waals surface area contributed by atoms with Gasteiger partial charge in [-0.05, 0) is 32.4 Å². The fourth-order valence-electron chi connectivity index (χ4n) is 4.40. The largest absolute Gasteiger partial charge is 0.504 e. The van der Waals surface area contributed by atoms with Crippen LogP contribution in [0.1, 0.15) is 62.0 Å². The van der Waals surface area contributed by atoms with E-state index < -0.39 is 11.5 Å². The van der Waals surface area contributed by atoms with Gasteiger partial charge in [-0.25, -0.2) is 0 Å². The Morgan fingerprint density at radius 2 is 1.84 bits per heavy atom. The fraction of sp³-hybridized carbons (Fsp3) is 0.385. The standard InChI is InChI=1S/C26H30O6/c1-7-26(4,5)18-11-15-17-12-31-23-16(22(17)32-24(15)21(29)25(18)30-6)10-14(9-8-13(2)3)19(27)20(23)28/h7-8,10-11,17,22,27-29H,1,9,12H2,2-6H3/t17-,22+/m0/s1. The molecule has 170 valence electrons. The molecule has 0 fully saturated rings. The second kappa shape index (κ2) is 7.69. The van der Waals surface area contributed by atoms with Gasteiger partial charge in [0.1, 0.15) is 6.10 Å². The van der Waals surface area contributed by atoms with E-state index in [-0.39, 0.29) is 35.5 Å². The van der Waals surface area contributed by atoms with Crippen LogP contribution in [0.15, 0.2) is 36.4 Å². The van der Waals surface area contributed by atoms with Crippen LogP contribution in [0.5, 0.6) is 34.5 Å². The number of phenols is 3. The Morgan fingerprint density at radius 1 is 1.12 bits per heavy atom. The Bertz CT molecular complexity index is 1120. The first kappa shape index (κ1) is 21.9. The molecule has 2 atom stereocenters. The molecule has 2 aliphatic rings. The molecule has 3 N–H and O–H groups in total. The zero-order valence-corrected chi connectivity index (χ0v) is 19.2. The second-order valence-corrected chi connectivity index (χ2v) is 9.24. The number of hydrogen-bond acceptors (Lipinski definition) is 6. The molecule has 2 aromatic rings. The lowest BCUT2D eigenvalue weighted by molar-refractivity contribution is 0.133. The maximum Gasteiger partial charge on any atom is 0.201 e. The average Bonchev–Trinajstić information content (AvgIpc) is 3.14. The van der Waals surface area contributed by atoms with Crippen molar-refractivity contribution in [3.63, 3.8) is 0 Å². The molecule has 2 aromatic carbocycles. The Labute approximate surface area is 188 Å². The molecule has 0 amide bonds. The molecule has 0 radical (unpaired) electrons. The average molecular weight is 439 g/mol. The van der Waals surface area contributed by atoms with Crippen molar-refractivity contribution in [3.8, 4) is 34.5 Å². The molecule has 2 heterocycles. The van der Waals surface area contributed by atoms with E-state index in [1.165, 1.54) is 7.11 Å². The molecular weight excluding hydrogens is 408 g/mol. The van der Waals surface area contributed by atoms with Crippen molar-refractivity contribution >= 4 is 0 Å². The first-order valence-corrected chi connectivity index (χ1v) is 10.7. The second-order valence-electron chi connectivity index (χ2n) is 9.24. The van der Waals surface area contributed by atoms with Crippen LogP contribution in [0.4, 0.5) is 0 Å². The van der Waals surface area contributed by atoms with Crippen molar-refractivity contribution in [1.82, 2.24) is 0 Å². The molecule has 2 aliphatic heterocycles. The Kier molecular flexibility index (Phi) is 5.27. The lowest BCUT2D eigenvalue weighted by atomic mass is 9.80. The van der Waals surface area contributed by atoms with Crippen LogP contribution in [-0.2, 0) is 11.8 Å². The van der Waals surface area contributed by atoms with Gasteiger partial charge in [0.15, 0.2) is 23.0 Å². The van der Waals surface area contributed by atoms with Crippen LogP contribution >= 0.6 is 0 Å². The molecule has 0 unspecified atom stereocenters. The van der Waals surface area contributed by atoms with E-state index in [1.807, 2.05) is 52.0 Å². The number of aromatic hydroxyl groups is 3. The first-order valence-electron chi connectivity index (χ1n) is 10.7. The lowest BCUT2D eigenvalue weighted by Crippen LogP contribution is -2.23. The number of methoxy groups -OCH3 is 1. The minimum atomic E-state index is -0.469. The monoisotopic (exact) mass is 438 g/mol. The van der Waals surface area contributed by atoms with Gasteiger partial charge < -0.3 is 29.5 Å². The summed E-state index contributed by atoms with van der Waals surface area (Å²) in [6.07, 6.45) is 3.79. The van der Waals surface area contributed by atoms with E-state index in [1.54, 1.807) is 0 Å². The molecule has 0 saturated heterocycles. The number of hydrogen-bond donors (Lipinski definition) is 3. The maximum absolute atomic E-state index is 11.0. The van der Waals surface area contributed by atoms with Gasteiger partial charge in [-0.2, -0.15) is 0 Å². The maximum atomic E-state index is 11.0. The topological polar surface area (TPSA) is 88.4 Å². The van der Waals surface area contributed by atoms with Crippen molar-refractivity contribution in [2.45, 2.75) is 51.6 Å². The van der Waals surface area contributed by atoms with Crippen LogP contribution in [-0.4, -0.2) is 29.0 Å². The van der Waals surface area contributed by atoms with Crippen LogP contribution in [0.3, 0.4) is 0 Å². The van der Waals surface area contributed by atoms with Crippen LogP contribution in [0.2, 0.25) is 0 Å². The summed E-state index contributed by atoms with van der Waals surface area (Å²) in [5, 5.41) is 32.1. The quantitative estimate of drug-likeness (QED) is 0.428. The minimum absolute atomic E-state index is 0.0568. The zero-order valence-electron chi connectivity index (χ0n) is 19.2. The van der Waals surface area contributed by atoms with Crippen LogP contribution in [0.25, 0.3) is 0 Å². The van der Waals surface area contributed by atoms with Gasteiger partial charge >= 0.3 is 0 Å². The van der Waals surface area contributed by atoms with E-state index in [4.69, 9.17) is 14.2 Å². The summed E-state index contributed by atoms with van der Waals surface area (Å²) in [7, 11) is 1.51. The number of rotatable bonds is 5. The first-order chi connectivity index (χ1) is 15.1. The number of benzene rings is 2. The Balaban J connectivity index is 1.85. The third kappa shape index (κ3) is 3.25. The SMILES string of the molecule is C=CC(C)(C)c1cc2c(c(O)c1OC)O[C@@H]1c3cc(CC=C(C)C)c(O)c(O)c3OC[C@@H]21. The van der Waals surface area contributed by atoms with Crippen molar-refractivity contribution in [3.05, 3.63) is 58.7 Å². The van der Waals surface area contributed by atoms with E-state index >= 15 is 0 Å². The number of ether oxygens (including phenoxy) is 3. The van der Waals surface area contributed by atoms with Gasteiger partial charge in [0.2, 0.25) is 11.5 Å². The molecule has 6 heteroatoms. The molecule has 6 nitrogen and oxygen atoms in total. The number of allylic oxidation sites excluding steroid dienone is 3. The lowest BCUT2D eigenvalue weighted by Gasteiger charge is -2.29. The molecule has 0 aromatic heterocycles. The summed E-state index contributed by atoms with van der Waals surface area (Å²) in [4.78, 5) is 0. The van der Waals surface area contributed by atoms with E-state index in [9.17, 15) is 15.3 Å². The summed E-state index contributed by atoms with van der Waals surface area (Å²) >= 11 is 0. The van der Waals surface area contributed by atoms with Crippen LogP contribution < -0.4 is 14.2 Å². The Hall–Kier alpha value is -3.28. The predicted molar refractivity (Wildman–Crippen MR) is 122 cm³/mol. The van der Waals surface area contributed by atoms with Gasteiger partial charge in [0.25, 0.3) is 0 Å². The van der Waals surface area contributed by atoms with Gasteiger partial charge in [-0.15, -0.1) is 6.58 Å². The molecule has 0 bridgehead atoms. The molecule has 4 rings (SSSR count). The normalized spacial score (nSPS) is 18.5. The van der Waals surface area contributed by atoms with Gasteiger partial charge in [0.05, 0.1) is 19.6 Å². The number of phenolic OH excluding ortho intramolecular Hbond substituents is 3. The Morgan fingerprint density at radius 3 is 2.47 bits per heavy atom. The summed E-state index contributed by atoms with van der Waals surface area (Å²) in [6.45, 7) is 12.1. The molecule has 32 heavy (non-hydrogen) atoms. The minimum Gasteiger partial charge on any atom is -0.504 e. The number of fused-ring (bicyclic) bond motifs is 5. The molecule has 0 spiro atoms. The van der Waals surface area contributed by atoms with E-state index in [2.05, 4.69) is 6.58 Å². The van der Waals surface area contributed by atoms with Crippen molar-refractivity contribution in [2.75, 3.05) is 13.7 Å². The molecule has 0 aliphatic carbocycles.